The SMILES string of the molecule is CC(=O)Nc1ccc(C(=O)CSc2nc3ccccc3c(=O)n2-c2cc(C)ccc2C)cc1. The van der Waals surface area contributed by atoms with E-state index in [1.807, 2.05) is 44.2 Å². The first-order chi connectivity index (χ1) is 15.8. The average Bonchev–Trinajstić information content (AvgIpc) is 2.79. The predicted molar refractivity (Wildman–Crippen MR) is 133 cm³/mol. The molecular formula is C26H23N3O3S. The summed E-state index contributed by atoms with van der Waals surface area (Å²) in [7, 11) is 0. The van der Waals surface area contributed by atoms with Crippen LogP contribution in [0.3, 0.4) is 0 Å². The van der Waals surface area contributed by atoms with Gasteiger partial charge in [-0.15, -0.1) is 0 Å². The fraction of sp³-hybridized carbons (Fsp3) is 0.154. The van der Waals surface area contributed by atoms with Crippen LogP contribution in [-0.2, 0) is 4.79 Å². The van der Waals surface area contributed by atoms with Crippen molar-refractivity contribution in [2.75, 3.05) is 11.1 Å². The number of nitrogens with one attached hydrogen (secondary N) is 1. The number of benzene rings is 3. The zero-order valence-electron chi connectivity index (χ0n) is 18.6. The van der Waals surface area contributed by atoms with Crippen molar-refractivity contribution in [1.82, 2.24) is 9.55 Å². The molecule has 0 atom stereocenters. The topological polar surface area (TPSA) is 81.1 Å². The minimum Gasteiger partial charge on any atom is -0.326 e. The number of anilines is 1. The molecule has 166 valence electrons. The molecule has 0 bridgehead atoms. The number of Topliss-reactive ketones (excluding diaryl/α,β-unsaturated/α-hetero) is 1. The Morgan fingerprint density at radius 2 is 1.73 bits per heavy atom. The molecule has 6 nitrogen and oxygen atoms in total. The summed E-state index contributed by atoms with van der Waals surface area (Å²) in [5.41, 5.74) is 4.32. The Kier molecular flexibility index (Phi) is 6.42. The molecular weight excluding hydrogens is 434 g/mol. The van der Waals surface area contributed by atoms with Gasteiger partial charge < -0.3 is 5.32 Å². The van der Waals surface area contributed by atoms with Gasteiger partial charge in [0.1, 0.15) is 0 Å². The lowest BCUT2D eigenvalue weighted by Crippen LogP contribution is -2.23. The van der Waals surface area contributed by atoms with Crippen molar-refractivity contribution < 1.29 is 9.59 Å². The number of carbonyl (C=O) groups is 2. The summed E-state index contributed by atoms with van der Waals surface area (Å²) in [6, 6.07) is 19.9. The Hall–Kier alpha value is -3.71. The number of para-hydroxylation sites is 1. The van der Waals surface area contributed by atoms with E-state index in [1.54, 1.807) is 41.0 Å². The van der Waals surface area contributed by atoms with E-state index >= 15 is 0 Å². The van der Waals surface area contributed by atoms with Crippen molar-refractivity contribution in [2.24, 2.45) is 0 Å². The normalized spacial score (nSPS) is 10.9. The summed E-state index contributed by atoms with van der Waals surface area (Å²) in [5.74, 6) is -0.143. The molecule has 3 aromatic carbocycles. The summed E-state index contributed by atoms with van der Waals surface area (Å²) in [6.45, 7) is 5.36. The van der Waals surface area contributed by atoms with Gasteiger partial charge in [-0.25, -0.2) is 4.98 Å². The minimum absolute atomic E-state index is 0.0932. The highest BCUT2D eigenvalue weighted by Gasteiger charge is 2.17. The maximum absolute atomic E-state index is 13.4. The van der Waals surface area contributed by atoms with Crippen molar-refractivity contribution in [2.45, 2.75) is 25.9 Å². The Labute approximate surface area is 195 Å². The molecule has 1 amide bonds. The number of thioether (sulfide) groups is 1. The van der Waals surface area contributed by atoms with Crippen LogP contribution in [0.15, 0.2) is 76.7 Å². The highest BCUT2D eigenvalue weighted by Crippen LogP contribution is 2.25. The molecule has 4 rings (SSSR count). The van der Waals surface area contributed by atoms with Crippen LogP contribution < -0.4 is 10.9 Å². The third-order valence-corrected chi connectivity index (χ3v) is 6.15. The maximum Gasteiger partial charge on any atom is 0.266 e. The van der Waals surface area contributed by atoms with Crippen LogP contribution in [0.4, 0.5) is 5.69 Å². The number of hydrogen-bond donors (Lipinski definition) is 1. The van der Waals surface area contributed by atoms with Crippen LogP contribution in [0.5, 0.6) is 0 Å². The van der Waals surface area contributed by atoms with Crippen molar-refractivity contribution in [3.8, 4) is 5.69 Å². The van der Waals surface area contributed by atoms with Crippen LogP contribution in [0.1, 0.15) is 28.4 Å². The molecule has 0 fully saturated rings. The van der Waals surface area contributed by atoms with E-state index in [2.05, 4.69) is 5.32 Å². The first-order valence-corrected chi connectivity index (χ1v) is 11.4. The van der Waals surface area contributed by atoms with Gasteiger partial charge in [0.15, 0.2) is 10.9 Å². The van der Waals surface area contributed by atoms with Crippen molar-refractivity contribution in [1.29, 1.82) is 0 Å². The number of aryl methyl sites for hydroxylation is 2. The Morgan fingerprint density at radius 3 is 2.45 bits per heavy atom. The van der Waals surface area contributed by atoms with Crippen molar-refractivity contribution >= 4 is 40.0 Å². The lowest BCUT2D eigenvalue weighted by atomic mass is 10.1. The van der Waals surface area contributed by atoms with Gasteiger partial charge in [-0.2, -0.15) is 0 Å². The molecule has 4 aromatic rings. The van der Waals surface area contributed by atoms with Crippen LogP contribution in [0.25, 0.3) is 16.6 Å². The van der Waals surface area contributed by atoms with Gasteiger partial charge in [-0.05, 0) is 67.4 Å². The van der Waals surface area contributed by atoms with Crippen LogP contribution in [0.2, 0.25) is 0 Å². The second-order valence-electron chi connectivity index (χ2n) is 7.81. The second-order valence-corrected chi connectivity index (χ2v) is 8.75. The number of ketones is 1. The van der Waals surface area contributed by atoms with E-state index in [4.69, 9.17) is 4.98 Å². The third-order valence-electron chi connectivity index (χ3n) is 5.21. The quantitative estimate of drug-likeness (QED) is 0.252. The molecule has 1 N–H and O–H groups in total. The molecule has 0 spiro atoms. The van der Waals surface area contributed by atoms with Crippen LogP contribution >= 0.6 is 11.8 Å². The maximum atomic E-state index is 13.4. The second kappa shape index (κ2) is 9.42. The largest absolute Gasteiger partial charge is 0.326 e. The number of carbonyl (C=O) groups excluding carboxylic acids is 2. The molecule has 0 saturated heterocycles. The van der Waals surface area contributed by atoms with E-state index in [0.29, 0.717) is 27.3 Å². The van der Waals surface area contributed by atoms with E-state index < -0.39 is 0 Å². The van der Waals surface area contributed by atoms with E-state index in [9.17, 15) is 14.4 Å². The third kappa shape index (κ3) is 4.88. The number of rotatable bonds is 6. The minimum atomic E-state index is -0.170. The number of nitrogens with zero attached hydrogens (tertiary/aromatic N) is 2. The van der Waals surface area contributed by atoms with Gasteiger partial charge in [0, 0.05) is 18.2 Å². The average molecular weight is 458 g/mol. The molecule has 0 saturated carbocycles. The number of amides is 1. The molecule has 33 heavy (non-hydrogen) atoms. The predicted octanol–water partition coefficient (Wildman–Crippen LogP) is 4.94. The molecule has 0 unspecified atom stereocenters. The Balaban J connectivity index is 1.70. The lowest BCUT2D eigenvalue weighted by Gasteiger charge is -2.15. The Bertz CT molecular complexity index is 1430. The molecule has 0 aliphatic heterocycles. The first-order valence-electron chi connectivity index (χ1n) is 10.5. The molecule has 1 heterocycles. The van der Waals surface area contributed by atoms with Gasteiger partial charge in [-0.3, -0.25) is 19.0 Å². The van der Waals surface area contributed by atoms with Crippen LogP contribution in [-0.4, -0.2) is 27.0 Å². The smallest absolute Gasteiger partial charge is 0.266 e. The molecule has 1 aromatic heterocycles. The van der Waals surface area contributed by atoms with E-state index in [-0.39, 0.29) is 23.0 Å². The molecule has 0 aliphatic carbocycles. The van der Waals surface area contributed by atoms with Gasteiger partial charge in [0.05, 0.1) is 22.3 Å². The van der Waals surface area contributed by atoms with Crippen molar-refractivity contribution in [3.05, 3.63) is 93.8 Å². The number of aromatic nitrogens is 2. The molecule has 7 heteroatoms. The summed E-state index contributed by atoms with van der Waals surface area (Å²) in [6.07, 6.45) is 0. The fourth-order valence-electron chi connectivity index (χ4n) is 3.54. The van der Waals surface area contributed by atoms with E-state index in [1.165, 1.54) is 18.7 Å². The summed E-state index contributed by atoms with van der Waals surface area (Å²) < 4.78 is 1.60. The Morgan fingerprint density at radius 1 is 1.00 bits per heavy atom. The zero-order chi connectivity index (χ0) is 23.5. The number of hydrogen-bond acceptors (Lipinski definition) is 5. The monoisotopic (exact) mass is 457 g/mol. The lowest BCUT2D eigenvalue weighted by molar-refractivity contribution is -0.114. The highest BCUT2D eigenvalue weighted by molar-refractivity contribution is 7.99. The van der Waals surface area contributed by atoms with Gasteiger partial charge >= 0.3 is 0 Å². The van der Waals surface area contributed by atoms with Gasteiger partial charge in [0.2, 0.25) is 5.91 Å². The summed E-state index contributed by atoms with van der Waals surface area (Å²) in [4.78, 5) is 42.2. The summed E-state index contributed by atoms with van der Waals surface area (Å²) >= 11 is 1.24. The highest BCUT2D eigenvalue weighted by atomic mass is 32.2. The standard InChI is InChI=1S/C26H23N3O3S/c1-16-8-9-17(2)23(14-16)29-25(32)21-6-4-5-7-22(21)28-26(29)33-15-24(31)19-10-12-20(13-11-19)27-18(3)30/h4-14H,15H2,1-3H3,(H,27,30). The first kappa shape index (κ1) is 22.5. The van der Waals surface area contributed by atoms with Gasteiger partial charge in [-0.1, -0.05) is 36.0 Å². The zero-order valence-corrected chi connectivity index (χ0v) is 19.4. The van der Waals surface area contributed by atoms with Crippen molar-refractivity contribution in [3.63, 3.8) is 0 Å². The van der Waals surface area contributed by atoms with Crippen LogP contribution in [0, 0.1) is 13.8 Å². The van der Waals surface area contributed by atoms with Gasteiger partial charge in [0.25, 0.3) is 5.56 Å². The molecule has 0 radical (unpaired) electrons. The molecule has 0 aliphatic rings. The number of fused-ring (bicyclic) bond motifs is 1. The van der Waals surface area contributed by atoms with E-state index in [0.717, 1.165) is 16.8 Å². The summed E-state index contributed by atoms with van der Waals surface area (Å²) in [5, 5.41) is 3.68. The fourth-order valence-corrected chi connectivity index (χ4v) is 4.44.